The molecule has 0 aliphatic rings. The second-order valence-corrected chi connectivity index (χ2v) is 8.82. The van der Waals surface area contributed by atoms with E-state index in [-0.39, 0.29) is 23.0 Å². The number of thioether (sulfide) groups is 1. The number of ether oxygens (including phenoxy) is 3. The maximum absolute atomic E-state index is 13.0. The van der Waals surface area contributed by atoms with Crippen molar-refractivity contribution in [3.8, 4) is 11.5 Å². The third kappa shape index (κ3) is 5.98. The van der Waals surface area contributed by atoms with E-state index in [1.807, 2.05) is 0 Å². The first-order valence-corrected chi connectivity index (χ1v) is 12.5. The molecule has 2 amide bonds. The van der Waals surface area contributed by atoms with Crippen molar-refractivity contribution in [3.05, 3.63) is 70.9 Å². The van der Waals surface area contributed by atoms with Crippen molar-refractivity contribution in [2.24, 2.45) is 0 Å². The SMILES string of the molecule is COCCn1c(SCC(=O)Nc2cc(OC)c(NC(=O)c3ccco3)cc2OC)nc2ccccc2c1=O. The van der Waals surface area contributed by atoms with Gasteiger partial charge in [0, 0.05) is 19.2 Å². The summed E-state index contributed by atoms with van der Waals surface area (Å²) in [7, 11) is 4.43. The molecular weight excluding hydrogens is 512 g/mol. The third-order valence-electron chi connectivity index (χ3n) is 5.47. The zero-order valence-electron chi connectivity index (χ0n) is 21.0. The number of furan rings is 1. The van der Waals surface area contributed by atoms with Crippen molar-refractivity contribution in [2.45, 2.75) is 11.7 Å². The summed E-state index contributed by atoms with van der Waals surface area (Å²) in [6, 6.07) is 13.3. The number of carbonyl (C=O) groups is 2. The highest BCUT2D eigenvalue weighted by molar-refractivity contribution is 7.99. The van der Waals surface area contributed by atoms with Crippen molar-refractivity contribution in [2.75, 3.05) is 44.3 Å². The molecule has 4 rings (SSSR count). The fraction of sp³-hybridized carbons (Fsp3) is 0.231. The largest absolute Gasteiger partial charge is 0.494 e. The number of benzene rings is 2. The van der Waals surface area contributed by atoms with Gasteiger partial charge >= 0.3 is 0 Å². The third-order valence-corrected chi connectivity index (χ3v) is 6.44. The van der Waals surface area contributed by atoms with Gasteiger partial charge in [-0.25, -0.2) is 4.98 Å². The van der Waals surface area contributed by atoms with Crippen molar-refractivity contribution in [1.82, 2.24) is 9.55 Å². The lowest BCUT2D eigenvalue weighted by atomic mass is 10.2. The van der Waals surface area contributed by atoms with Crippen LogP contribution in [0.2, 0.25) is 0 Å². The average molecular weight is 539 g/mol. The van der Waals surface area contributed by atoms with Gasteiger partial charge in [-0.2, -0.15) is 0 Å². The molecule has 0 aliphatic carbocycles. The standard InChI is InChI=1S/C26H26N4O7S/c1-34-12-10-30-25(33)16-7-4-5-8-17(16)29-26(30)38-15-23(31)27-18-13-22(36-3)19(14-21(18)35-2)28-24(32)20-9-6-11-37-20/h4-9,11,13-14H,10,12,15H2,1-3H3,(H,27,31)(H,28,32). The van der Waals surface area contributed by atoms with E-state index in [1.54, 1.807) is 43.5 Å². The lowest BCUT2D eigenvalue weighted by molar-refractivity contribution is -0.113. The van der Waals surface area contributed by atoms with Crippen LogP contribution in [0.1, 0.15) is 10.6 Å². The van der Waals surface area contributed by atoms with Crippen molar-refractivity contribution in [1.29, 1.82) is 0 Å². The molecule has 0 radical (unpaired) electrons. The first-order chi connectivity index (χ1) is 18.4. The van der Waals surface area contributed by atoms with E-state index >= 15 is 0 Å². The number of anilines is 2. The topological polar surface area (TPSA) is 134 Å². The van der Waals surface area contributed by atoms with Crippen molar-refractivity contribution >= 4 is 45.9 Å². The molecule has 2 N–H and O–H groups in total. The van der Waals surface area contributed by atoms with Gasteiger partial charge in [-0.3, -0.25) is 19.0 Å². The second kappa shape index (κ2) is 12.3. The average Bonchev–Trinajstić information content (AvgIpc) is 3.47. The lowest BCUT2D eigenvalue weighted by Crippen LogP contribution is -2.26. The number of carbonyl (C=O) groups excluding carboxylic acids is 2. The minimum atomic E-state index is -0.467. The highest BCUT2D eigenvalue weighted by Gasteiger charge is 2.18. The summed E-state index contributed by atoms with van der Waals surface area (Å²) in [6.45, 7) is 0.618. The van der Waals surface area contributed by atoms with Gasteiger partial charge in [-0.05, 0) is 24.3 Å². The summed E-state index contributed by atoms with van der Waals surface area (Å²) < 4.78 is 22.6. The Bertz CT molecular complexity index is 1500. The van der Waals surface area contributed by atoms with Gasteiger partial charge in [0.2, 0.25) is 5.91 Å². The zero-order chi connectivity index (χ0) is 27.1. The first kappa shape index (κ1) is 26.8. The molecule has 0 spiro atoms. The molecule has 4 aromatic rings. The second-order valence-electron chi connectivity index (χ2n) is 7.88. The number of nitrogens with one attached hydrogen (secondary N) is 2. The van der Waals surface area contributed by atoms with Gasteiger partial charge in [-0.15, -0.1) is 0 Å². The molecule has 2 heterocycles. The number of nitrogens with zero attached hydrogens (tertiary/aromatic N) is 2. The van der Waals surface area contributed by atoms with Crippen LogP contribution in [0.5, 0.6) is 11.5 Å². The van der Waals surface area contributed by atoms with Gasteiger partial charge < -0.3 is 29.3 Å². The number of methoxy groups -OCH3 is 3. The Morgan fingerprint density at radius 1 is 1.00 bits per heavy atom. The van der Waals surface area contributed by atoms with Crippen LogP contribution in [-0.4, -0.2) is 55.1 Å². The number of hydrogen-bond acceptors (Lipinski definition) is 9. The van der Waals surface area contributed by atoms with Crippen LogP contribution in [0.4, 0.5) is 11.4 Å². The molecule has 0 saturated carbocycles. The number of hydrogen-bond donors (Lipinski definition) is 2. The highest BCUT2D eigenvalue weighted by Crippen LogP contribution is 2.37. The van der Waals surface area contributed by atoms with Crippen LogP contribution in [0.15, 0.2) is 69.2 Å². The van der Waals surface area contributed by atoms with Crippen molar-refractivity contribution < 1.29 is 28.2 Å². The fourth-order valence-electron chi connectivity index (χ4n) is 3.64. The van der Waals surface area contributed by atoms with E-state index in [0.717, 1.165) is 11.8 Å². The highest BCUT2D eigenvalue weighted by atomic mass is 32.2. The summed E-state index contributed by atoms with van der Waals surface area (Å²) in [5, 5.41) is 6.39. The first-order valence-electron chi connectivity index (χ1n) is 11.5. The maximum atomic E-state index is 13.0. The number of fused-ring (bicyclic) bond motifs is 1. The van der Waals surface area contributed by atoms with Crippen LogP contribution < -0.4 is 25.7 Å². The summed E-state index contributed by atoms with van der Waals surface area (Å²) in [5.41, 5.74) is 1.02. The predicted octanol–water partition coefficient (Wildman–Crippen LogP) is 3.64. The summed E-state index contributed by atoms with van der Waals surface area (Å²) >= 11 is 1.13. The molecule has 38 heavy (non-hydrogen) atoms. The molecule has 11 nitrogen and oxygen atoms in total. The van der Waals surface area contributed by atoms with E-state index in [2.05, 4.69) is 15.6 Å². The van der Waals surface area contributed by atoms with E-state index in [9.17, 15) is 14.4 Å². The zero-order valence-corrected chi connectivity index (χ0v) is 21.8. The van der Waals surface area contributed by atoms with Gasteiger partial charge in [0.1, 0.15) is 11.5 Å². The van der Waals surface area contributed by atoms with Gasteiger partial charge in [0.05, 0.1) is 61.7 Å². The number of aromatic nitrogens is 2. The molecule has 0 fully saturated rings. The molecule has 2 aromatic heterocycles. The van der Waals surface area contributed by atoms with Crippen LogP contribution in [0.25, 0.3) is 10.9 Å². The van der Waals surface area contributed by atoms with E-state index in [1.165, 1.54) is 37.2 Å². The molecular formula is C26H26N4O7S. The van der Waals surface area contributed by atoms with Gasteiger partial charge in [0.15, 0.2) is 10.9 Å². The fourth-order valence-corrected chi connectivity index (χ4v) is 4.46. The molecule has 0 saturated heterocycles. The van der Waals surface area contributed by atoms with Crippen LogP contribution >= 0.6 is 11.8 Å². The van der Waals surface area contributed by atoms with E-state index < -0.39 is 5.91 Å². The molecule has 0 bridgehead atoms. The normalized spacial score (nSPS) is 10.8. The Kier molecular flexibility index (Phi) is 8.66. The molecule has 0 atom stereocenters. The summed E-state index contributed by atoms with van der Waals surface area (Å²) in [4.78, 5) is 42.9. The van der Waals surface area contributed by atoms with Crippen LogP contribution in [0.3, 0.4) is 0 Å². The molecule has 198 valence electrons. The summed E-state index contributed by atoms with van der Waals surface area (Å²) in [6.07, 6.45) is 1.40. The van der Waals surface area contributed by atoms with Crippen LogP contribution in [0, 0.1) is 0 Å². The minimum absolute atomic E-state index is 0.0276. The Balaban J connectivity index is 1.52. The smallest absolute Gasteiger partial charge is 0.291 e. The number of para-hydroxylation sites is 1. The van der Waals surface area contributed by atoms with E-state index in [4.69, 9.17) is 18.6 Å². The maximum Gasteiger partial charge on any atom is 0.291 e. The Morgan fingerprint density at radius 3 is 2.37 bits per heavy atom. The van der Waals surface area contributed by atoms with Crippen molar-refractivity contribution in [3.63, 3.8) is 0 Å². The Morgan fingerprint density at radius 2 is 1.71 bits per heavy atom. The Labute approximate surface area is 222 Å². The number of amides is 2. The van der Waals surface area contributed by atoms with Gasteiger partial charge in [0.25, 0.3) is 11.5 Å². The lowest BCUT2D eigenvalue weighted by Gasteiger charge is -2.16. The number of rotatable bonds is 11. The summed E-state index contributed by atoms with van der Waals surface area (Å²) in [5.74, 6) is -0.112. The molecule has 0 aliphatic heterocycles. The quantitative estimate of drug-likeness (QED) is 0.217. The van der Waals surface area contributed by atoms with E-state index in [0.29, 0.717) is 52.1 Å². The minimum Gasteiger partial charge on any atom is -0.494 e. The predicted molar refractivity (Wildman–Crippen MR) is 143 cm³/mol. The van der Waals surface area contributed by atoms with Gasteiger partial charge in [-0.1, -0.05) is 23.9 Å². The molecule has 0 unspecified atom stereocenters. The van der Waals surface area contributed by atoms with Crippen LogP contribution in [-0.2, 0) is 16.1 Å². The molecule has 12 heteroatoms. The Hall–Kier alpha value is -4.29. The monoisotopic (exact) mass is 538 g/mol. The molecule has 2 aromatic carbocycles.